The van der Waals surface area contributed by atoms with Crippen molar-refractivity contribution in [2.24, 2.45) is 0 Å². The number of aromatic nitrogens is 3. The number of carbonyl (C=O) groups excluding carboxylic acids is 1. The fourth-order valence-electron chi connectivity index (χ4n) is 2.62. The smallest absolute Gasteiger partial charge is 0.244 e. The summed E-state index contributed by atoms with van der Waals surface area (Å²) in [6, 6.07) is 14.6. The molecule has 0 fully saturated rings. The molecule has 0 saturated carbocycles. The maximum absolute atomic E-state index is 12.0. The average molecular weight is 420 g/mol. The van der Waals surface area contributed by atoms with Gasteiger partial charge in [-0.2, -0.15) is 0 Å². The highest BCUT2D eigenvalue weighted by Crippen LogP contribution is 2.27. The standard InChI is InChI=1S/C22H24N6O3/c1-30-17-8-6-16(15-18(17)31-2)7-11-22(29)25-14-13-24-20-9-10-21(28-27-20)26-19-5-3-4-12-23-19/h3-12,15H,13-14H2,1-2H3,(H,24,27)(H,25,29)(H,23,26,28)/b11-7+. The van der Waals surface area contributed by atoms with E-state index in [-0.39, 0.29) is 5.91 Å². The Balaban J connectivity index is 1.40. The van der Waals surface area contributed by atoms with Crippen molar-refractivity contribution in [2.45, 2.75) is 0 Å². The molecule has 3 aromatic rings. The van der Waals surface area contributed by atoms with E-state index < -0.39 is 0 Å². The summed E-state index contributed by atoms with van der Waals surface area (Å²) in [5.41, 5.74) is 0.834. The summed E-state index contributed by atoms with van der Waals surface area (Å²) in [7, 11) is 3.15. The van der Waals surface area contributed by atoms with E-state index in [9.17, 15) is 4.79 Å². The number of anilines is 3. The van der Waals surface area contributed by atoms with Gasteiger partial charge in [-0.05, 0) is 48.0 Å². The molecule has 0 bridgehead atoms. The van der Waals surface area contributed by atoms with Gasteiger partial charge in [0.05, 0.1) is 14.2 Å². The highest BCUT2D eigenvalue weighted by atomic mass is 16.5. The van der Waals surface area contributed by atoms with Crippen LogP contribution < -0.4 is 25.4 Å². The number of pyridine rings is 1. The van der Waals surface area contributed by atoms with Crippen LogP contribution in [0.5, 0.6) is 11.5 Å². The zero-order valence-corrected chi connectivity index (χ0v) is 17.3. The molecule has 2 heterocycles. The molecule has 9 heteroatoms. The van der Waals surface area contributed by atoms with Crippen LogP contribution in [-0.4, -0.2) is 48.4 Å². The highest BCUT2D eigenvalue weighted by molar-refractivity contribution is 5.91. The van der Waals surface area contributed by atoms with Crippen LogP contribution in [0.1, 0.15) is 5.56 Å². The minimum Gasteiger partial charge on any atom is -0.493 e. The van der Waals surface area contributed by atoms with Crippen LogP contribution in [0.25, 0.3) is 6.08 Å². The van der Waals surface area contributed by atoms with Gasteiger partial charge in [-0.25, -0.2) is 4.98 Å². The maximum atomic E-state index is 12.0. The molecule has 0 aliphatic carbocycles. The molecule has 0 spiro atoms. The second kappa shape index (κ2) is 11.1. The van der Waals surface area contributed by atoms with Gasteiger partial charge in [0.1, 0.15) is 11.6 Å². The lowest BCUT2D eigenvalue weighted by Gasteiger charge is -2.08. The van der Waals surface area contributed by atoms with E-state index in [1.54, 1.807) is 50.8 Å². The quantitative estimate of drug-likeness (QED) is 0.339. The van der Waals surface area contributed by atoms with E-state index >= 15 is 0 Å². The largest absolute Gasteiger partial charge is 0.493 e. The van der Waals surface area contributed by atoms with Crippen LogP contribution in [-0.2, 0) is 4.79 Å². The van der Waals surface area contributed by atoms with Crippen LogP contribution in [0.2, 0.25) is 0 Å². The number of hydrogen-bond acceptors (Lipinski definition) is 8. The Morgan fingerprint density at radius 2 is 1.74 bits per heavy atom. The first kappa shape index (κ1) is 21.6. The summed E-state index contributed by atoms with van der Waals surface area (Å²) >= 11 is 0. The van der Waals surface area contributed by atoms with E-state index in [4.69, 9.17) is 9.47 Å². The Morgan fingerprint density at radius 3 is 2.45 bits per heavy atom. The van der Waals surface area contributed by atoms with Crippen molar-refractivity contribution in [2.75, 3.05) is 37.9 Å². The Morgan fingerprint density at radius 1 is 0.935 bits per heavy atom. The number of nitrogens with zero attached hydrogens (tertiary/aromatic N) is 3. The summed E-state index contributed by atoms with van der Waals surface area (Å²) in [6.45, 7) is 0.947. The summed E-state index contributed by atoms with van der Waals surface area (Å²) in [4.78, 5) is 16.2. The minimum atomic E-state index is -0.197. The second-order valence-corrected chi connectivity index (χ2v) is 6.31. The van der Waals surface area contributed by atoms with Crippen LogP contribution in [0.4, 0.5) is 17.5 Å². The summed E-state index contributed by atoms with van der Waals surface area (Å²) in [5.74, 6) is 2.95. The molecule has 0 aliphatic heterocycles. The van der Waals surface area contributed by atoms with Crippen molar-refractivity contribution in [3.63, 3.8) is 0 Å². The molecule has 1 amide bonds. The molecule has 0 radical (unpaired) electrons. The van der Waals surface area contributed by atoms with Crippen LogP contribution >= 0.6 is 0 Å². The van der Waals surface area contributed by atoms with Gasteiger partial charge in [0.2, 0.25) is 5.91 Å². The van der Waals surface area contributed by atoms with E-state index in [1.165, 1.54) is 6.08 Å². The predicted molar refractivity (Wildman–Crippen MR) is 120 cm³/mol. The van der Waals surface area contributed by atoms with Crippen LogP contribution in [0.15, 0.2) is 60.8 Å². The Kier molecular flexibility index (Phi) is 7.76. The monoisotopic (exact) mass is 420 g/mol. The number of carbonyl (C=O) groups is 1. The van der Waals surface area contributed by atoms with E-state index in [1.807, 2.05) is 24.3 Å². The highest BCUT2D eigenvalue weighted by Gasteiger charge is 2.03. The van der Waals surface area contributed by atoms with Crippen LogP contribution in [0, 0.1) is 0 Å². The average Bonchev–Trinajstić information content (AvgIpc) is 2.82. The van der Waals surface area contributed by atoms with Crippen molar-refractivity contribution >= 4 is 29.4 Å². The third-order valence-corrected chi connectivity index (χ3v) is 4.15. The van der Waals surface area contributed by atoms with Gasteiger partial charge >= 0.3 is 0 Å². The molecule has 0 unspecified atom stereocenters. The van der Waals surface area contributed by atoms with Gasteiger partial charge in [-0.15, -0.1) is 10.2 Å². The zero-order valence-electron chi connectivity index (χ0n) is 17.3. The van der Waals surface area contributed by atoms with E-state index in [0.29, 0.717) is 42.0 Å². The summed E-state index contributed by atoms with van der Waals surface area (Å²) < 4.78 is 10.5. The van der Waals surface area contributed by atoms with E-state index in [0.717, 1.165) is 5.56 Å². The molecule has 3 N–H and O–H groups in total. The first-order chi connectivity index (χ1) is 15.2. The van der Waals surface area contributed by atoms with E-state index in [2.05, 4.69) is 31.1 Å². The molecule has 31 heavy (non-hydrogen) atoms. The van der Waals surface area contributed by atoms with Gasteiger partial charge in [-0.1, -0.05) is 12.1 Å². The predicted octanol–water partition coefficient (Wildman–Crippen LogP) is 2.87. The zero-order chi connectivity index (χ0) is 21.9. The third kappa shape index (κ3) is 6.70. The lowest BCUT2D eigenvalue weighted by Crippen LogP contribution is -2.27. The van der Waals surface area contributed by atoms with Crippen LogP contribution in [0.3, 0.4) is 0 Å². The van der Waals surface area contributed by atoms with Gasteiger partial charge < -0.3 is 25.4 Å². The number of nitrogens with one attached hydrogen (secondary N) is 3. The van der Waals surface area contributed by atoms with Crippen molar-refractivity contribution in [1.29, 1.82) is 0 Å². The topological polar surface area (TPSA) is 110 Å². The number of ether oxygens (including phenoxy) is 2. The molecular weight excluding hydrogens is 396 g/mol. The van der Waals surface area contributed by atoms with Gasteiger partial charge in [-0.3, -0.25) is 4.79 Å². The number of benzene rings is 1. The summed E-state index contributed by atoms with van der Waals surface area (Å²) in [5, 5.41) is 17.2. The lowest BCUT2D eigenvalue weighted by atomic mass is 10.2. The first-order valence-electron chi connectivity index (χ1n) is 9.61. The molecule has 0 aliphatic rings. The van der Waals surface area contributed by atoms with Gasteiger partial charge in [0.15, 0.2) is 17.3 Å². The van der Waals surface area contributed by atoms with Gasteiger partial charge in [0, 0.05) is 25.4 Å². The summed E-state index contributed by atoms with van der Waals surface area (Å²) in [6.07, 6.45) is 4.88. The third-order valence-electron chi connectivity index (χ3n) is 4.15. The maximum Gasteiger partial charge on any atom is 0.244 e. The molecule has 0 saturated heterocycles. The lowest BCUT2D eigenvalue weighted by molar-refractivity contribution is -0.116. The Hall–Kier alpha value is -4.14. The molecule has 1 aromatic carbocycles. The SMILES string of the molecule is COc1ccc(/C=C/C(=O)NCCNc2ccc(Nc3ccccn3)nn2)cc1OC. The first-order valence-corrected chi connectivity index (χ1v) is 9.61. The van der Waals surface area contributed by atoms with Crippen molar-refractivity contribution in [1.82, 2.24) is 20.5 Å². The molecule has 160 valence electrons. The molecule has 3 rings (SSSR count). The number of rotatable bonds is 10. The number of amides is 1. The fraction of sp³-hybridized carbons (Fsp3) is 0.182. The molecular formula is C22H24N6O3. The molecule has 0 atom stereocenters. The Bertz CT molecular complexity index is 1010. The number of hydrogen-bond donors (Lipinski definition) is 3. The fourth-order valence-corrected chi connectivity index (χ4v) is 2.62. The van der Waals surface area contributed by atoms with Gasteiger partial charge in [0.25, 0.3) is 0 Å². The van der Waals surface area contributed by atoms with Crippen molar-refractivity contribution in [3.05, 3.63) is 66.4 Å². The number of methoxy groups -OCH3 is 2. The second-order valence-electron chi connectivity index (χ2n) is 6.31. The molecule has 9 nitrogen and oxygen atoms in total. The Labute approximate surface area is 180 Å². The minimum absolute atomic E-state index is 0.197. The molecule has 2 aromatic heterocycles. The van der Waals surface area contributed by atoms with Crippen molar-refractivity contribution < 1.29 is 14.3 Å². The normalized spacial score (nSPS) is 10.5. The van der Waals surface area contributed by atoms with Crippen molar-refractivity contribution in [3.8, 4) is 11.5 Å².